The Labute approximate surface area is 145 Å². The van der Waals surface area contributed by atoms with Gasteiger partial charge in [-0.05, 0) is 0 Å². The van der Waals surface area contributed by atoms with Crippen LogP contribution in [0.1, 0.15) is 28.8 Å². The molecular weight excluding hydrogens is 375 g/mol. The van der Waals surface area contributed by atoms with Crippen molar-refractivity contribution in [2.24, 2.45) is 0 Å². The van der Waals surface area contributed by atoms with Crippen LogP contribution in [0, 0.1) is 0 Å². The molecule has 24 heavy (non-hydrogen) atoms. The van der Waals surface area contributed by atoms with Crippen LogP contribution in [0.25, 0.3) is 11.3 Å². The van der Waals surface area contributed by atoms with E-state index in [0.717, 1.165) is 22.6 Å². The van der Waals surface area contributed by atoms with Gasteiger partial charge in [-0.1, -0.05) is 0 Å². The topological polar surface area (TPSA) is 74.5 Å². The molecule has 3 rings (SSSR count). The normalized spacial score (nSPS) is 10.6. The number of rotatable bonds is 6. The van der Waals surface area contributed by atoms with Crippen LogP contribution in [0.2, 0.25) is 0 Å². The fraction of sp³-hybridized carbons (Fsp3) is 0.235. The van der Waals surface area contributed by atoms with Crippen LogP contribution in [-0.2, 0) is 11.2 Å². The number of esters is 1. The SMILES string of the molecule is CCOC(=O)c1cc(-c2c[se]nn2)c(Cc2ccccc2OC)o1. The molecule has 2 heterocycles. The third-order valence-corrected chi connectivity index (χ3v) is 4.52. The van der Waals surface area contributed by atoms with E-state index in [-0.39, 0.29) is 20.5 Å². The van der Waals surface area contributed by atoms with E-state index < -0.39 is 5.97 Å². The van der Waals surface area contributed by atoms with Gasteiger partial charge in [-0.3, -0.25) is 0 Å². The first-order chi connectivity index (χ1) is 11.7. The number of furan rings is 1. The zero-order valence-electron chi connectivity index (χ0n) is 13.3. The number of hydrogen-bond acceptors (Lipinski definition) is 6. The summed E-state index contributed by atoms with van der Waals surface area (Å²) < 4.78 is 20.2. The second-order valence-electron chi connectivity index (χ2n) is 4.95. The summed E-state index contributed by atoms with van der Waals surface area (Å²) in [4.78, 5) is 13.9. The van der Waals surface area contributed by atoms with E-state index in [4.69, 9.17) is 13.9 Å². The molecule has 0 saturated carbocycles. The minimum atomic E-state index is -0.480. The predicted octanol–water partition coefficient (Wildman–Crippen LogP) is 2.57. The molecule has 0 amide bonds. The standard InChI is InChI=1S/C17H16N2O4Se/c1-3-22-17(20)16-9-12(13-10-24-19-18-13)15(23-16)8-11-6-4-5-7-14(11)21-2/h4-7,9-10H,3,8H2,1-2H3. The maximum atomic E-state index is 12.0. The zero-order chi connectivity index (χ0) is 16.9. The number of ether oxygens (including phenoxy) is 2. The average molecular weight is 391 g/mol. The maximum absolute atomic E-state index is 12.0. The summed E-state index contributed by atoms with van der Waals surface area (Å²) in [6, 6.07) is 9.37. The molecule has 7 heteroatoms. The van der Waals surface area contributed by atoms with Crippen LogP contribution in [0.4, 0.5) is 0 Å². The molecule has 0 atom stereocenters. The molecule has 0 aliphatic carbocycles. The van der Waals surface area contributed by atoms with E-state index in [2.05, 4.69) is 9.19 Å². The van der Waals surface area contributed by atoms with Crippen molar-refractivity contribution in [2.45, 2.75) is 13.3 Å². The second kappa shape index (κ2) is 7.47. The molecule has 3 aromatic rings. The summed E-state index contributed by atoms with van der Waals surface area (Å²) in [6.45, 7) is 2.05. The molecule has 0 spiro atoms. The molecule has 0 aliphatic rings. The Balaban J connectivity index is 2.00. The molecule has 0 unspecified atom stereocenters. The van der Waals surface area contributed by atoms with E-state index in [1.807, 2.05) is 29.2 Å². The molecule has 0 radical (unpaired) electrons. The van der Waals surface area contributed by atoms with Gasteiger partial charge in [0.05, 0.1) is 0 Å². The number of carbonyl (C=O) groups is 1. The van der Waals surface area contributed by atoms with E-state index in [9.17, 15) is 4.79 Å². The Morgan fingerprint density at radius 1 is 1.33 bits per heavy atom. The molecule has 0 fully saturated rings. The van der Waals surface area contributed by atoms with Crippen molar-refractivity contribution in [3.05, 3.63) is 52.4 Å². The number of aromatic nitrogens is 2. The first-order valence-corrected chi connectivity index (χ1v) is 9.17. The summed E-state index contributed by atoms with van der Waals surface area (Å²) >= 11 is -0.00159. The van der Waals surface area contributed by atoms with Crippen molar-refractivity contribution in [3.63, 3.8) is 0 Å². The van der Waals surface area contributed by atoms with E-state index in [1.54, 1.807) is 20.1 Å². The van der Waals surface area contributed by atoms with Gasteiger partial charge >= 0.3 is 145 Å². The summed E-state index contributed by atoms with van der Waals surface area (Å²) in [5, 5.41) is 4.14. The van der Waals surface area contributed by atoms with Crippen molar-refractivity contribution >= 4 is 20.7 Å². The van der Waals surface area contributed by atoms with Crippen molar-refractivity contribution < 1.29 is 18.7 Å². The third kappa shape index (κ3) is 3.42. The number of benzene rings is 1. The summed E-state index contributed by atoms with van der Waals surface area (Å²) in [5.41, 5.74) is 2.47. The van der Waals surface area contributed by atoms with Gasteiger partial charge < -0.3 is 0 Å². The number of hydrogen-bond donors (Lipinski definition) is 0. The number of para-hydroxylation sites is 1. The molecule has 2 aromatic heterocycles. The Morgan fingerprint density at radius 3 is 2.88 bits per heavy atom. The quantitative estimate of drug-likeness (QED) is 0.475. The second-order valence-corrected chi connectivity index (χ2v) is 6.23. The fourth-order valence-corrected chi connectivity index (χ4v) is 3.34. The van der Waals surface area contributed by atoms with Crippen LogP contribution >= 0.6 is 0 Å². The third-order valence-electron chi connectivity index (χ3n) is 3.47. The molecular formula is C17H16N2O4Se. The molecule has 0 aliphatic heterocycles. The monoisotopic (exact) mass is 392 g/mol. The van der Waals surface area contributed by atoms with Gasteiger partial charge in [0, 0.05) is 0 Å². The van der Waals surface area contributed by atoms with Gasteiger partial charge in [-0.15, -0.1) is 0 Å². The van der Waals surface area contributed by atoms with Gasteiger partial charge in [-0.2, -0.15) is 0 Å². The number of nitrogens with zero attached hydrogens (tertiary/aromatic N) is 2. The van der Waals surface area contributed by atoms with Gasteiger partial charge in [0.15, 0.2) is 0 Å². The van der Waals surface area contributed by atoms with Gasteiger partial charge in [0.2, 0.25) is 0 Å². The van der Waals surface area contributed by atoms with Crippen LogP contribution in [0.15, 0.2) is 39.7 Å². The van der Waals surface area contributed by atoms with Gasteiger partial charge in [0.25, 0.3) is 0 Å². The van der Waals surface area contributed by atoms with Gasteiger partial charge in [0.1, 0.15) is 0 Å². The molecule has 1 aromatic carbocycles. The van der Waals surface area contributed by atoms with Crippen LogP contribution < -0.4 is 4.74 Å². The summed E-state index contributed by atoms with van der Waals surface area (Å²) in [7, 11) is 1.63. The minimum absolute atomic E-state index is 0.00159. The van der Waals surface area contributed by atoms with E-state index >= 15 is 0 Å². The van der Waals surface area contributed by atoms with Gasteiger partial charge in [-0.25, -0.2) is 0 Å². The fourth-order valence-electron chi connectivity index (χ4n) is 2.38. The Hall–Kier alpha value is -2.37. The molecule has 0 bridgehead atoms. The van der Waals surface area contributed by atoms with Crippen LogP contribution in [-0.4, -0.2) is 43.6 Å². The Bertz CT molecular complexity index is 827. The summed E-state index contributed by atoms with van der Waals surface area (Å²) in [5.74, 6) is 1.10. The predicted molar refractivity (Wildman–Crippen MR) is 88.4 cm³/mol. The van der Waals surface area contributed by atoms with E-state index in [0.29, 0.717) is 18.8 Å². The zero-order valence-corrected chi connectivity index (χ0v) is 15.0. The first-order valence-electron chi connectivity index (χ1n) is 7.42. The van der Waals surface area contributed by atoms with Crippen molar-refractivity contribution in [2.75, 3.05) is 13.7 Å². The average Bonchev–Trinajstić information content (AvgIpc) is 3.25. The van der Waals surface area contributed by atoms with Crippen LogP contribution in [0.5, 0.6) is 5.75 Å². The molecule has 6 nitrogen and oxygen atoms in total. The number of methoxy groups -OCH3 is 1. The van der Waals surface area contributed by atoms with Crippen molar-refractivity contribution in [1.82, 2.24) is 9.19 Å². The molecule has 0 saturated heterocycles. The Morgan fingerprint density at radius 2 is 2.17 bits per heavy atom. The first kappa shape index (κ1) is 16.5. The Kier molecular flexibility index (Phi) is 5.13. The number of carbonyl (C=O) groups excluding carboxylic acids is 1. The van der Waals surface area contributed by atoms with Crippen molar-refractivity contribution in [1.29, 1.82) is 0 Å². The molecule has 0 N–H and O–H groups in total. The van der Waals surface area contributed by atoms with Crippen molar-refractivity contribution in [3.8, 4) is 17.0 Å². The van der Waals surface area contributed by atoms with Crippen LogP contribution in [0.3, 0.4) is 0 Å². The molecule has 124 valence electrons. The van der Waals surface area contributed by atoms with E-state index in [1.165, 1.54) is 0 Å². The summed E-state index contributed by atoms with van der Waals surface area (Å²) in [6.07, 6.45) is 0.485.